The first-order valence-corrected chi connectivity index (χ1v) is 11.0. The summed E-state index contributed by atoms with van der Waals surface area (Å²) in [6, 6.07) is 16.5. The van der Waals surface area contributed by atoms with Crippen molar-refractivity contribution in [1.82, 2.24) is 24.1 Å². The summed E-state index contributed by atoms with van der Waals surface area (Å²) < 4.78 is 4.51. The zero-order valence-electron chi connectivity index (χ0n) is 18.6. The van der Waals surface area contributed by atoms with E-state index in [0.717, 1.165) is 36.5 Å². The van der Waals surface area contributed by atoms with Crippen LogP contribution in [0, 0.1) is 18.6 Å². The fourth-order valence-electron chi connectivity index (χ4n) is 4.06. The molecule has 1 aromatic heterocycles. The number of hydrogen-bond acceptors (Lipinski definition) is 4. The SMILES string of the molecule is Cc1ccc(-c2nn(CN3CCC[C@H]3C(=O)N(C)C)c(=S)n2-c2ccc(C)cc2)cc1. The van der Waals surface area contributed by atoms with E-state index in [9.17, 15) is 4.79 Å². The van der Waals surface area contributed by atoms with Crippen LogP contribution in [-0.4, -0.2) is 56.7 Å². The summed E-state index contributed by atoms with van der Waals surface area (Å²) in [5.41, 5.74) is 4.39. The van der Waals surface area contributed by atoms with Crippen molar-refractivity contribution in [3.8, 4) is 17.1 Å². The second-order valence-electron chi connectivity index (χ2n) is 8.49. The molecule has 2 aromatic carbocycles. The number of likely N-dealkylation sites (N-methyl/N-ethyl adjacent to an activating group) is 1. The Morgan fingerprint density at radius 2 is 1.68 bits per heavy atom. The zero-order chi connectivity index (χ0) is 22.1. The first kappa shape index (κ1) is 21.5. The van der Waals surface area contributed by atoms with Crippen molar-refractivity contribution in [2.75, 3.05) is 20.6 Å². The van der Waals surface area contributed by atoms with Crippen LogP contribution < -0.4 is 0 Å². The molecule has 1 aliphatic heterocycles. The number of benzene rings is 2. The van der Waals surface area contributed by atoms with Gasteiger partial charge < -0.3 is 4.90 Å². The predicted molar refractivity (Wildman–Crippen MR) is 126 cm³/mol. The lowest BCUT2D eigenvalue weighted by molar-refractivity contribution is -0.134. The number of aryl methyl sites for hydroxylation is 2. The van der Waals surface area contributed by atoms with Gasteiger partial charge >= 0.3 is 0 Å². The molecule has 0 aliphatic carbocycles. The maximum atomic E-state index is 12.6. The molecular weight excluding hydrogens is 406 g/mol. The molecule has 0 unspecified atom stereocenters. The molecule has 1 aliphatic rings. The summed E-state index contributed by atoms with van der Waals surface area (Å²) in [6.07, 6.45) is 1.87. The lowest BCUT2D eigenvalue weighted by atomic mass is 10.1. The summed E-state index contributed by atoms with van der Waals surface area (Å²) in [4.78, 5) is 16.5. The normalized spacial score (nSPS) is 16.6. The van der Waals surface area contributed by atoms with E-state index in [1.54, 1.807) is 4.90 Å². The molecule has 3 aromatic rings. The Bertz CT molecular complexity index is 1130. The van der Waals surface area contributed by atoms with Crippen LogP contribution in [0.15, 0.2) is 48.5 Å². The fourth-order valence-corrected chi connectivity index (χ4v) is 4.35. The minimum atomic E-state index is -0.121. The van der Waals surface area contributed by atoms with Gasteiger partial charge in [0.2, 0.25) is 10.7 Å². The molecule has 2 heterocycles. The number of nitrogens with zero attached hydrogens (tertiary/aromatic N) is 5. The Labute approximate surface area is 188 Å². The number of amides is 1. The van der Waals surface area contributed by atoms with Crippen molar-refractivity contribution >= 4 is 18.1 Å². The third kappa shape index (κ3) is 4.34. The van der Waals surface area contributed by atoms with Gasteiger partial charge in [-0.25, -0.2) is 4.68 Å². The fraction of sp³-hybridized carbons (Fsp3) is 0.375. The Morgan fingerprint density at radius 1 is 1.06 bits per heavy atom. The van der Waals surface area contributed by atoms with Crippen LogP contribution in [0.5, 0.6) is 0 Å². The van der Waals surface area contributed by atoms with E-state index in [2.05, 4.69) is 67.3 Å². The van der Waals surface area contributed by atoms with E-state index in [0.29, 0.717) is 11.4 Å². The van der Waals surface area contributed by atoms with Gasteiger partial charge in [-0.3, -0.25) is 14.3 Å². The van der Waals surface area contributed by atoms with Crippen molar-refractivity contribution in [3.05, 3.63) is 64.4 Å². The van der Waals surface area contributed by atoms with Gasteiger partial charge in [0.15, 0.2) is 5.82 Å². The van der Waals surface area contributed by atoms with Crippen molar-refractivity contribution in [2.24, 2.45) is 0 Å². The molecule has 1 fully saturated rings. The number of rotatable bonds is 5. The number of carbonyl (C=O) groups excluding carboxylic acids is 1. The average molecular weight is 436 g/mol. The molecule has 0 N–H and O–H groups in total. The van der Waals surface area contributed by atoms with Crippen LogP contribution in [0.25, 0.3) is 17.1 Å². The van der Waals surface area contributed by atoms with Crippen molar-refractivity contribution in [1.29, 1.82) is 0 Å². The molecule has 4 rings (SSSR count). The topological polar surface area (TPSA) is 46.3 Å². The summed E-state index contributed by atoms with van der Waals surface area (Å²) in [5.74, 6) is 0.948. The van der Waals surface area contributed by atoms with Crippen LogP contribution in [0.1, 0.15) is 24.0 Å². The van der Waals surface area contributed by atoms with Crippen LogP contribution in [0.3, 0.4) is 0 Å². The largest absolute Gasteiger partial charge is 0.347 e. The number of hydrogen-bond donors (Lipinski definition) is 0. The summed E-state index contributed by atoms with van der Waals surface area (Å²) >= 11 is 5.89. The molecule has 1 atom stereocenters. The van der Waals surface area contributed by atoms with Crippen molar-refractivity contribution < 1.29 is 4.79 Å². The van der Waals surface area contributed by atoms with Gasteiger partial charge in [0.05, 0.1) is 12.7 Å². The van der Waals surface area contributed by atoms with E-state index in [4.69, 9.17) is 17.3 Å². The summed E-state index contributed by atoms with van der Waals surface area (Å²) in [6.45, 7) is 5.51. The first-order chi connectivity index (χ1) is 14.8. The molecule has 7 heteroatoms. The van der Waals surface area contributed by atoms with Crippen LogP contribution in [0.2, 0.25) is 0 Å². The number of carbonyl (C=O) groups is 1. The highest BCUT2D eigenvalue weighted by atomic mass is 32.1. The summed E-state index contributed by atoms with van der Waals surface area (Å²) in [7, 11) is 3.62. The monoisotopic (exact) mass is 435 g/mol. The Hall–Kier alpha value is -2.77. The van der Waals surface area contributed by atoms with Crippen LogP contribution in [0.4, 0.5) is 0 Å². The highest BCUT2D eigenvalue weighted by molar-refractivity contribution is 7.71. The quantitative estimate of drug-likeness (QED) is 0.564. The van der Waals surface area contributed by atoms with E-state index in [1.807, 2.05) is 23.3 Å². The Balaban J connectivity index is 1.76. The second-order valence-corrected chi connectivity index (χ2v) is 8.85. The molecule has 0 saturated carbocycles. The lowest BCUT2D eigenvalue weighted by Gasteiger charge is -2.25. The summed E-state index contributed by atoms with van der Waals surface area (Å²) in [5, 5.41) is 4.92. The molecule has 0 radical (unpaired) electrons. The first-order valence-electron chi connectivity index (χ1n) is 10.6. The van der Waals surface area contributed by atoms with Crippen molar-refractivity contribution in [3.63, 3.8) is 0 Å². The van der Waals surface area contributed by atoms with E-state index >= 15 is 0 Å². The Kier molecular flexibility index (Phi) is 6.07. The van der Waals surface area contributed by atoms with Gasteiger partial charge in [-0.1, -0.05) is 47.5 Å². The van der Waals surface area contributed by atoms with E-state index in [1.165, 1.54) is 11.1 Å². The second kappa shape index (κ2) is 8.77. The standard InChI is InChI=1S/C24H29N5OS/c1-17-7-11-19(12-8-17)22-25-28(16-27-15-5-6-21(27)23(30)26(3)4)24(31)29(22)20-13-9-18(2)10-14-20/h7-14,21H,5-6,15-16H2,1-4H3/t21-/m0/s1. The molecule has 1 saturated heterocycles. The molecule has 31 heavy (non-hydrogen) atoms. The maximum absolute atomic E-state index is 12.6. The highest BCUT2D eigenvalue weighted by Crippen LogP contribution is 2.25. The van der Waals surface area contributed by atoms with Crippen molar-refractivity contribution in [2.45, 2.75) is 39.4 Å². The minimum Gasteiger partial charge on any atom is -0.347 e. The molecule has 162 valence electrons. The third-order valence-corrected chi connectivity index (χ3v) is 6.24. The third-order valence-electron chi connectivity index (χ3n) is 5.85. The highest BCUT2D eigenvalue weighted by Gasteiger charge is 2.32. The zero-order valence-corrected chi connectivity index (χ0v) is 19.4. The molecule has 0 bridgehead atoms. The van der Waals surface area contributed by atoms with Gasteiger partial charge in [-0.05, 0) is 51.0 Å². The maximum Gasteiger partial charge on any atom is 0.239 e. The molecule has 0 spiro atoms. The van der Waals surface area contributed by atoms with Gasteiger partial charge in [0.1, 0.15) is 0 Å². The molecular formula is C24H29N5OS. The van der Waals surface area contributed by atoms with Gasteiger partial charge in [0, 0.05) is 31.9 Å². The number of aromatic nitrogens is 3. The van der Waals surface area contributed by atoms with Gasteiger partial charge in [0.25, 0.3) is 0 Å². The Morgan fingerprint density at radius 3 is 2.29 bits per heavy atom. The lowest BCUT2D eigenvalue weighted by Crippen LogP contribution is -2.43. The molecule has 6 nitrogen and oxygen atoms in total. The van der Waals surface area contributed by atoms with Crippen LogP contribution >= 0.6 is 12.2 Å². The average Bonchev–Trinajstić information content (AvgIpc) is 3.34. The van der Waals surface area contributed by atoms with E-state index < -0.39 is 0 Å². The molecule has 1 amide bonds. The van der Waals surface area contributed by atoms with Crippen LogP contribution in [-0.2, 0) is 11.5 Å². The van der Waals surface area contributed by atoms with Gasteiger partial charge in [-0.2, -0.15) is 0 Å². The smallest absolute Gasteiger partial charge is 0.239 e. The minimum absolute atomic E-state index is 0.121. The van der Waals surface area contributed by atoms with Gasteiger partial charge in [-0.15, -0.1) is 5.10 Å². The number of likely N-dealkylation sites (tertiary alicyclic amines) is 1. The van der Waals surface area contributed by atoms with E-state index in [-0.39, 0.29) is 11.9 Å². The predicted octanol–water partition coefficient (Wildman–Crippen LogP) is 4.20.